The first-order valence-electron chi connectivity index (χ1n) is 10.7. The standard InChI is InChI=1S/C26H18F6N2O4/c1-33(19-7-3-5-17(10-19)25(27,28)29)23(37)21-12-22(16(14-36)9-15(21)13-35)24(38)34(2)20-8-4-6-18(11-20)26(30,31)32/h3-14H,1-2H3. The quantitative estimate of drug-likeness (QED) is 0.290. The summed E-state index contributed by atoms with van der Waals surface area (Å²) in [4.78, 5) is 51.4. The van der Waals surface area contributed by atoms with Crippen LogP contribution in [-0.2, 0) is 12.4 Å². The van der Waals surface area contributed by atoms with E-state index in [1.54, 1.807) is 0 Å². The molecule has 3 aromatic carbocycles. The molecule has 0 aliphatic carbocycles. The highest BCUT2D eigenvalue weighted by molar-refractivity contribution is 6.15. The van der Waals surface area contributed by atoms with Crippen LogP contribution in [0.3, 0.4) is 0 Å². The molecule has 0 fully saturated rings. The zero-order valence-electron chi connectivity index (χ0n) is 19.7. The number of anilines is 2. The third kappa shape index (κ3) is 5.74. The van der Waals surface area contributed by atoms with E-state index in [4.69, 9.17) is 0 Å². The molecule has 0 aliphatic heterocycles. The normalized spacial score (nSPS) is 11.6. The number of nitrogens with zero attached hydrogens (tertiary/aromatic N) is 2. The monoisotopic (exact) mass is 536 g/mol. The largest absolute Gasteiger partial charge is 0.416 e. The molecule has 0 saturated carbocycles. The van der Waals surface area contributed by atoms with Crippen LogP contribution < -0.4 is 9.80 Å². The lowest BCUT2D eigenvalue weighted by atomic mass is 9.97. The van der Waals surface area contributed by atoms with Crippen LogP contribution in [0.15, 0.2) is 60.7 Å². The maximum Gasteiger partial charge on any atom is 0.416 e. The van der Waals surface area contributed by atoms with Gasteiger partial charge in [-0.05, 0) is 48.5 Å². The van der Waals surface area contributed by atoms with E-state index in [1.165, 1.54) is 12.1 Å². The van der Waals surface area contributed by atoms with Crippen molar-refractivity contribution in [2.75, 3.05) is 23.9 Å². The van der Waals surface area contributed by atoms with Gasteiger partial charge in [-0.25, -0.2) is 0 Å². The summed E-state index contributed by atoms with van der Waals surface area (Å²) in [6.45, 7) is 0. The summed E-state index contributed by atoms with van der Waals surface area (Å²) in [6, 6.07) is 9.50. The van der Waals surface area contributed by atoms with E-state index in [1.807, 2.05) is 0 Å². The van der Waals surface area contributed by atoms with Gasteiger partial charge in [0, 0.05) is 36.6 Å². The molecule has 0 radical (unpaired) electrons. The van der Waals surface area contributed by atoms with Crippen LogP contribution in [0.2, 0.25) is 0 Å². The molecule has 0 bridgehead atoms. The number of carbonyl (C=O) groups is 4. The summed E-state index contributed by atoms with van der Waals surface area (Å²) in [5, 5.41) is 0. The Kier molecular flexibility index (Phi) is 7.75. The number of halogens is 6. The number of rotatable bonds is 6. The molecule has 0 aromatic heterocycles. The van der Waals surface area contributed by atoms with E-state index in [0.717, 1.165) is 60.3 Å². The van der Waals surface area contributed by atoms with Gasteiger partial charge in [-0.3, -0.25) is 19.2 Å². The van der Waals surface area contributed by atoms with Crippen LogP contribution in [0, 0.1) is 0 Å². The summed E-state index contributed by atoms with van der Waals surface area (Å²) < 4.78 is 78.7. The minimum absolute atomic E-state index is 0.171. The number of benzene rings is 3. The van der Waals surface area contributed by atoms with Crippen molar-refractivity contribution in [1.29, 1.82) is 0 Å². The van der Waals surface area contributed by atoms with Crippen LogP contribution in [0.25, 0.3) is 0 Å². The lowest BCUT2D eigenvalue weighted by Crippen LogP contribution is -2.30. The Morgan fingerprint density at radius 1 is 0.632 bits per heavy atom. The Hall–Kier alpha value is -4.48. The van der Waals surface area contributed by atoms with Gasteiger partial charge in [-0.2, -0.15) is 26.3 Å². The number of aldehydes is 2. The maximum absolute atomic E-state index is 13.2. The lowest BCUT2D eigenvalue weighted by molar-refractivity contribution is -0.138. The first-order chi connectivity index (χ1) is 17.7. The van der Waals surface area contributed by atoms with Gasteiger partial charge in [0.05, 0.1) is 22.3 Å². The SMILES string of the molecule is CN(C(=O)c1cc(C(=O)N(C)c2cccc(C(F)(F)F)c2)c(C=O)cc1C=O)c1cccc(C(F)(F)F)c1. The fourth-order valence-corrected chi connectivity index (χ4v) is 3.58. The molecule has 0 spiro atoms. The summed E-state index contributed by atoms with van der Waals surface area (Å²) >= 11 is 0. The van der Waals surface area contributed by atoms with Crippen LogP contribution in [0.5, 0.6) is 0 Å². The van der Waals surface area contributed by atoms with Crippen LogP contribution in [0.4, 0.5) is 37.7 Å². The van der Waals surface area contributed by atoms with Crippen molar-refractivity contribution < 1.29 is 45.5 Å². The topological polar surface area (TPSA) is 74.8 Å². The molecule has 3 aromatic rings. The van der Waals surface area contributed by atoms with Gasteiger partial charge < -0.3 is 9.80 Å². The average molecular weight is 536 g/mol. The van der Waals surface area contributed by atoms with Crippen molar-refractivity contribution in [2.45, 2.75) is 12.4 Å². The summed E-state index contributed by atoms with van der Waals surface area (Å²) in [6.07, 6.45) is -8.92. The minimum Gasteiger partial charge on any atom is -0.311 e. The molecule has 6 nitrogen and oxygen atoms in total. The summed E-state index contributed by atoms with van der Waals surface area (Å²) in [7, 11) is 2.30. The molecule has 3 rings (SSSR count). The highest BCUT2D eigenvalue weighted by Crippen LogP contribution is 2.33. The molecule has 38 heavy (non-hydrogen) atoms. The molecule has 198 valence electrons. The second kappa shape index (κ2) is 10.5. The summed E-state index contributed by atoms with van der Waals surface area (Å²) in [5.74, 6) is -1.95. The lowest BCUT2D eigenvalue weighted by Gasteiger charge is -2.22. The third-order valence-electron chi connectivity index (χ3n) is 5.67. The molecular weight excluding hydrogens is 518 g/mol. The van der Waals surface area contributed by atoms with Crippen molar-refractivity contribution in [3.63, 3.8) is 0 Å². The number of amides is 2. The van der Waals surface area contributed by atoms with E-state index in [2.05, 4.69) is 0 Å². The van der Waals surface area contributed by atoms with Crippen LogP contribution >= 0.6 is 0 Å². The van der Waals surface area contributed by atoms with E-state index in [-0.39, 0.29) is 35.1 Å². The van der Waals surface area contributed by atoms with Gasteiger partial charge in [-0.15, -0.1) is 0 Å². The number of carbonyl (C=O) groups excluding carboxylic acids is 4. The van der Waals surface area contributed by atoms with E-state index >= 15 is 0 Å². The van der Waals surface area contributed by atoms with Gasteiger partial charge >= 0.3 is 12.4 Å². The number of alkyl halides is 6. The molecule has 0 unspecified atom stereocenters. The average Bonchev–Trinajstić information content (AvgIpc) is 2.89. The van der Waals surface area contributed by atoms with Crippen molar-refractivity contribution >= 4 is 35.8 Å². The Balaban J connectivity index is 2.06. The predicted octanol–water partition coefficient (Wildman–Crippen LogP) is 5.90. The van der Waals surface area contributed by atoms with E-state index < -0.39 is 46.4 Å². The van der Waals surface area contributed by atoms with Gasteiger partial charge in [0.2, 0.25) is 0 Å². The Labute approximate surface area is 212 Å². The Morgan fingerprint density at radius 2 is 1.00 bits per heavy atom. The summed E-state index contributed by atoms with van der Waals surface area (Å²) in [5.41, 5.74) is -3.87. The van der Waals surface area contributed by atoms with Crippen LogP contribution in [-0.4, -0.2) is 38.5 Å². The molecule has 0 atom stereocenters. The smallest absolute Gasteiger partial charge is 0.311 e. The van der Waals surface area contributed by atoms with Crippen LogP contribution in [0.1, 0.15) is 52.6 Å². The Bertz CT molecular complexity index is 1310. The van der Waals surface area contributed by atoms with Gasteiger partial charge in [0.15, 0.2) is 12.6 Å². The number of hydrogen-bond acceptors (Lipinski definition) is 4. The fraction of sp³-hybridized carbons (Fsp3) is 0.154. The molecular formula is C26H18F6N2O4. The van der Waals surface area contributed by atoms with Crippen molar-refractivity contribution in [3.8, 4) is 0 Å². The highest BCUT2D eigenvalue weighted by Gasteiger charge is 2.32. The predicted molar refractivity (Wildman–Crippen MR) is 126 cm³/mol. The van der Waals surface area contributed by atoms with Crippen molar-refractivity contribution in [3.05, 3.63) is 94.0 Å². The number of hydrogen-bond donors (Lipinski definition) is 0. The van der Waals surface area contributed by atoms with Crippen molar-refractivity contribution in [1.82, 2.24) is 0 Å². The van der Waals surface area contributed by atoms with Gasteiger partial charge in [-0.1, -0.05) is 12.1 Å². The zero-order chi connectivity index (χ0) is 28.4. The first kappa shape index (κ1) is 28.1. The zero-order valence-corrected chi connectivity index (χ0v) is 19.7. The molecule has 12 heteroatoms. The second-order valence-electron chi connectivity index (χ2n) is 8.09. The third-order valence-corrected chi connectivity index (χ3v) is 5.67. The van der Waals surface area contributed by atoms with Gasteiger partial charge in [0.1, 0.15) is 0 Å². The minimum atomic E-state index is -4.69. The first-order valence-corrected chi connectivity index (χ1v) is 10.7. The molecule has 0 heterocycles. The van der Waals surface area contributed by atoms with Gasteiger partial charge in [0.25, 0.3) is 11.8 Å². The van der Waals surface area contributed by atoms with E-state index in [0.29, 0.717) is 12.1 Å². The van der Waals surface area contributed by atoms with E-state index in [9.17, 15) is 45.5 Å². The highest BCUT2D eigenvalue weighted by atomic mass is 19.4. The second-order valence-corrected chi connectivity index (χ2v) is 8.09. The molecule has 2 amide bonds. The molecule has 0 N–H and O–H groups in total. The maximum atomic E-state index is 13.2. The van der Waals surface area contributed by atoms with Crippen molar-refractivity contribution in [2.24, 2.45) is 0 Å². The Morgan fingerprint density at radius 3 is 1.32 bits per heavy atom. The molecule has 0 saturated heterocycles. The molecule has 0 aliphatic rings. The fourth-order valence-electron chi connectivity index (χ4n) is 3.58.